The zero-order valence-corrected chi connectivity index (χ0v) is 11.3. The van der Waals surface area contributed by atoms with E-state index in [4.69, 9.17) is 4.42 Å². The number of ketones is 1. The van der Waals surface area contributed by atoms with Gasteiger partial charge in [0, 0.05) is 0 Å². The minimum absolute atomic E-state index is 0.161. The maximum atomic E-state index is 12.3. The number of nitrogens with zero attached hydrogens (tertiary/aromatic N) is 3. The van der Waals surface area contributed by atoms with Crippen molar-refractivity contribution in [3.8, 4) is 6.07 Å². The predicted octanol–water partition coefficient (Wildman–Crippen LogP) is 3.02. The van der Waals surface area contributed by atoms with Gasteiger partial charge >= 0.3 is 0 Å². The summed E-state index contributed by atoms with van der Waals surface area (Å²) in [6.45, 7) is 1.74. The van der Waals surface area contributed by atoms with Crippen LogP contribution < -0.4 is 0 Å². The summed E-state index contributed by atoms with van der Waals surface area (Å²) in [5.74, 6) is -0.642. The molecule has 0 aliphatic carbocycles. The number of hydrogen-bond acceptors (Lipinski definition) is 5. The van der Waals surface area contributed by atoms with Crippen LogP contribution in [0.2, 0.25) is 0 Å². The summed E-state index contributed by atoms with van der Waals surface area (Å²) in [5.41, 5.74) is 1.70. The predicted molar refractivity (Wildman–Crippen MR) is 75.7 cm³/mol. The number of para-hydroxylation sites is 2. The van der Waals surface area contributed by atoms with Crippen LogP contribution in [0.5, 0.6) is 0 Å². The van der Waals surface area contributed by atoms with Crippen LogP contribution in [0.25, 0.3) is 11.0 Å². The SMILES string of the molecule is Cc1ccc(C(=O)[C@H](C#N)c2cnc3ccccc3n2)o1. The number of hydrogen-bond donors (Lipinski definition) is 0. The summed E-state index contributed by atoms with van der Waals surface area (Å²) in [6.07, 6.45) is 1.46. The number of carbonyl (C=O) groups is 1. The van der Waals surface area contributed by atoms with Gasteiger partial charge in [-0.15, -0.1) is 0 Å². The Balaban J connectivity index is 2.02. The second-order valence-electron chi connectivity index (χ2n) is 4.62. The highest BCUT2D eigenvalue weighted by molar-refractivity contribution is 6.00. The Morgan fingerprint density at radius 1 is 1.24 bits per heavy atom. The number of benzene rings is 1. The van der Waals surface area contributed by atoms with Crippen molar-refractivity contribution < 1.29 is 9.21 Å². The Morgan fingerprint density at radius 2 is 2.00 bits per heavy atom. The van der Waals surface area contributed by atoms with E-state index >= 15 is 0 Å². The third-order valence-corrected chi connectivity index (χ3v) is 3.14. The van der Waals surface area contributed by atoms with Crippen molar-refractivity contribution in [2.75, 3.05) is 0 Å². The first-order valence-electron chi connectivity index (χ1n) is 6.41. The molecule has 2 aromatic heterocycles. The van der Waals surface area contributed by atoms with E-state index in [-0.39, 0.29) is 5.76 Å². The first-order chi connectivity index (χ1) is 10.2. The smallest absolute Gasteiger partial charge is 0.221 e. The fourth-order valence-corrected chi connectivity index (χ4v) is 2.08. The fourth-order valence-electron chi connectivity index (χ4n) is 2.08. The second-order valence-corrected chi connectivity index (χ2v) is 4.62. The molecule has 0 bridgehead atoms. The summed E-state index contributed by atoms with van der Waals surface area (Å²) in [6, 6.07) is 12.5. The Bertz CT molecular complexity index is 861. The molecule has 3 rings (SSSR count). The Hall–Kier alpha value is -3.00. The molecule has 5 heteroatoms. The molecule has 0 unspecified atom stereocenters. The molecule has 0 amide bonds. The first kappa shape index (κ1) is 13.0. The minimum atomic E-state index is -1.02. The van der Waals surface area contributed by atoms with Crippen LogP contribution in [-0.2, 0) is 0 Å². The number of aromatic nitrogens is 2. The van der Waals surface area contributed by atoms with E-state index in [0.29, 0.717) is 17.0 Å². The highest BCUT2D eigenvalue weighted by atomic mass is 16.3. The van der Waals surface area contributed by atoms with Crippen LogP contribution in [0.15, 0.2) is 47.0 Å². The van der Waals surface area contributed by atoms with Crippen molar-refractivity contribution in [1.82, 2.24) is 9.97 Å². The van der Waals surface area contributed by atoms with Gasteiger partial charge in [-0.25, -0.2) is 4.98 Å². The first-order valence-corrected chi connectivity index (χ1v) is 6.41. The molecule has 0 saturated carbocycles. The molecule has 5 nitrogen and oxygen atoms in total. The minimum Gasteiger partial charge on any atom is -0.458 e. The zero-order chi connectivity index (χ0) is 14.8. The van der Waals surface area contributed by atoms with Crippen molar-refractivity contribution in [2.45, 2.75) is 12.8 Å². The van der Waals surface area contributed by atoms with Crippen LogP contribution in [0.1, 0.15) is 27.9 Å². The molecule has 0 spiro atoms. The lowest BCUT2D eigenvalue weighted by molar-refractivity contribution is 0.0949. The number of rotatable bonds is 3. The molecular weight excluding hydrogens is 266 g/mol. The molecule has 0 N–H and O–H groups in total. The number of nitriles is 1. The van der Waals surface area contributed by atoms with Crippen molar-refractivity contribution in [1.29, 1.82) is 5.26 Å². The van der Waals surface area contributed by atoms with Gasteiger partial charge in [-0.1, -0.05) is 12.1 Å². The second kappa shape index (κ2) is 5.17. The average molecular weight is 277 g/mol. The standard InChI is InChI=1S/C16H11N3O2/c1-10-6-7-15(21-10)16(20)11(8-17)14-9-18-12-4-2-3-5-13(12)19-14/h2-7,9,11H,1H3/t11-/m1/s1. The normalized spacial score (nSPS) is 12.0. The van der Waals surface area contributed by atoms with E-state index in [1.807, 2.05) is 24.3 Å². The van der Waals surface area contributed by atoms with Gasteiger partial charge in [0.15, 0.2) is 11.7 Å². The van der Waals surface area contributed by atoms with Gasteiger partial charge in [0.2, 0.25) is 5.78 Å². The Kier molecular flexibility index (Phi) is 3.20. The summed E-state index contributed by atoms with van der Waals surface area (Å²) < 4.78 is 5.29. The molecule has 1 aromatic carbocycles. The van der Waals surface area contributed by atoms with E-state index in [1.165, 1.54) is 6.20 Å². The van der Waals surface area contributed by atoms with E-state index in [9.17, 15) is 10.1 Å². The maximum absolute atomic E-state index is 12.3. The quantitative estimate of drug-likeness (QED) is 0.687. The van der Waals surface area contributed by atoms with E-state index in [2.05, 4.69) is 9.97 Å². The Labute approximate surface area is 120 Å². The molecule has 1 atom stereocenters. The van der Waals surface area contributed by atoms with Crippen LogP contribution in [-0.4, -0.2) is 15.8 Å². The third kappa shape index (κ3) is 2.39. The number of furan rings is 1. The molecule has 21 heavy (non-hydrogen) atoms. The van der Waals surface area contributed by atoms with Crippen molar-refractivity contribution in [3.05, 3.63) is 59.8 Å². The summed E-state index contributed by atoms with van der Waals surface area (Å²) >= 11 is 0. The lowest BCUT2D eigenvalue weighted by atomic mass is 10.0. The molecule has 0 aliphatic heterocycles. The van der Waals surface area contributed by atoms with Gasteiger partial charge in [0.05, 0.1) is 29.0 Å². The van der Waals surface area contributed by atoms with Gasteiger partial charge in [-0.2, -0.15) is 5.26 Å². The van der Waals surface area contributed by atoms with Crippen LogP contribution in [0.3, 0.4) is 0 Å². The lowest BCUT2D eigenvalue weighted by Crippen LogP contribution is -2.12. The van der Waals surface area contributed by atoms with Gasteiger partial charge in [-0.05, 0) is 31.2 Å². The van der Waals surface area contributed by atoms with Gasteiger partial charge < -0.3 is 4.42 Å². The number of carbonyl (C=O) groups excluding carboxylic acids is 1. The lowest BCUT2D eigenvalue weighted by Gasteiger charge is -2.06. The Morgan fingerprint density at radius 3 is 2.67 bits per heavy atom. The summed E-state index contributed by atoms with van der Waals surface area (Å²) in [7, 11) is 0. The maximum Gasteiger partial charge on any atom is 0.221 e. The molecule has 3 aromatic rings. The molecule has 0 radical (unpaired) electrons. The van der Waals surface area contributed by atoms with Gasteiger partial charge in [0.25, 0.3) is 0 Å². The highest BCUT2D eigenvalue weighted by Gasteiger charge is 2.26. The van der Waals surface area contributed by atoms with Crippen LogP contribution in [0.4, 0.5) is 0 Å². The van der Waals surface area contributed by atoms with E-state index in [0.717, 1.165) is 5.52 Å². The molecule has 2 heterocycles. The van der Waals surface area contributed by atoms with Crippen molar-refractivity contribution in [3.63, 3.8) is 0 Å². The average Bonchev–Trinajstić information content (AvgIpc) is 2.94. The third-order valence-electron chi connectivity index (χ3n) is 3.14. The molecule has 0 fully saturated rings. The molecular formula is C16H11N3O2. The van der Waals surface area contributed by atoms with E-state index in [1.54, 1.807) is 25.1 Å². The van der Waals surface area contributed by atoms with Gasteiger partial charge in [-0.3, -0.25) is 9.78 Å². The number of fused-ring (bicyclic) bond motifs is 1. The fraction of sp³-hybridized carbons (Fsp3) is 0.125. The number of aryl methyl sites for hydroxylation is 1. The molecule has 0 aliphatic rings. The van der Waals surface area contributed by atoms with Crippen molar-refractivity contribution in [2.24, 2.45) is 0 Å². The topological polar surface area (TPSA) is 79.8 Å². The summed E-state index contributed by atoms with van der Waals surface area (Å²) in [5, 5.41) is 9.31. The molecule has 0 saturated heterocycles. The highest BCUT2D eigenvalue weighted by Crippen LogP contribution is 2.21. The zero-order valence-electron chi connectivity index (χ0n) is 11.3. The molecule has 102 valence electrons. The van der Waals surface area contributed by atoms with Gasteiger partial charge in [0.1, 0.15) is 5.76 Å². The largest absolute Gasteiger partial charge is 0.458 e. The van der Waals surface area contributed by atoms with Crippen molar-refractivity contribution >= 4 is 16.8 Å². The monoisotopic (exact) mass is 277 g/mol. The van der Waals surface area contributed by atoms with Crippen LogP contribution >= 0.6 is 0 Å². The summed E-state index contributed by atoms with van der Waals surface area (Å²) in [4.78, 5) is 20.9. The number of Topliss-reactive ketones (excluding diaryl/α,β-unsaturated/α-hetero) is 1. The van der Waals surface area contributed by atoms with E-state index < -0.39 is 11.7 Å². The van der Waals surface area contributed by atoms with Crippen LogP contribution in [0, 0.1) is 18.3 Å².